The van der Waals surface area contributed by atoms with Crippen molar-refractivity contribution in [3.05, 3.63) is 4.88 Å². The molecule has 2 heterocycles. The van der Waals surface area contributed by atoms with Gasteiger partial charge in [-0.15, -0.1) is 0 Å². The Hall–Kier alpha value is -1.83. The van der Waals surface area contributed by atoms with Gasteiger partial charge in [-0.2, -0.15) is 0 Å². The van der Waals surface area contributed by atoms with Crippen molar-refractivity contribution in [2.24, 2.45) is 0 Å². The SMILES string of the molecule is CCNc1nc(N)c(C(=O)NC2CCC(=O)NC2)s1. The molecular formula is C11H17N5O2S. The minimum Gasteiger partial charge on any atom is -0.382 e. The van der Waals surface area contributed by atoms with E-state index in [1.165, 1.54) is 11.3 Å². The van der Waals surface area contributed by atoms with Gasteiger partial charge >= 0.3 is 0 Å². The average Bonchev–Trinajstić information content (AvgIpc) is 2.74. The van der Waals surface area contributed by atoms with Gasteiger partial charge in [-0.3, -0.25) is 9.59 Å². The summed E-state index contributed by atoms with van der Waals surface area (Å²) in [4.78, 5) is 27.6. The van der Waals surface area contributed by atoms with Crippen LogP contribution in [0.25, 0.3) is 0 Å². The highest BCUT2D eigenvalue weighted by molar-refractivity contribution is 7.18. The first-order valence-electron chi connectivity index (χ1n) is 6.18. The highest BCUT2D eigenvalue weighted by Crippen LogP contribution is 2.24. The number of carbonyl (C=O) groups is 2. The van der Waals surface area contributed by atoms with Crippen molar-refractivity contribution in [3.8, 4) is 0 Å². The van der Waals surface area contributed by atoms with Crippen molar-refractivity contribution in [2.45, 2.75) is 25.8 Å². The fraction of sp³-hybridized carbons (Fsp3) is 0.545. The number of piperidine rings is 1. The van der Waals surface area contributed by atoms with Gasteiger partial charge < -0.3 is 21.7 Å². The quantitative estimate of drug-likeness (QED) is 0.629. The van der Waals surface area contributed by atoms with Crippen LogP contribution in [-0.4, -0.2) is 35.9 Å². The smallest absolute Gasteiger partial charge is 0.265 e. The summed E-state index contributed by atoms with van der Waals surface area (Å²) in [5.74, 6) is 0.0239. The molecule has 1 fully saturated rings. The van der Waals surface area contributed by atoms with Gasteiger partial charge in [0.1, 0.15) is 10.7 Å². The number of hydrogen-bond donors (Lipinski definition) is 4. The van der Waals surface area contributed by atoms with Crippen LogP contribution >= 0.6 is 11.3 Å². The summed E-state index contributed by atoms with van der Waals surface area (Å²) in [7, 11) is 0. The lowest BCUT2D eigenvalue weighted by atomic mass is 10.1. The highest BCUT2D eigenvalue weighted by atomic mass is 32.1. The van der Waals surface area contributed by atoms with Gasteiger partial charge in [0.25, 0.3) is 5.91 Å². The normalized spacial score (nSPS) is 18.8. The summed E-state index contributed by atoms with van der Waals surface area (Å²) in [6.07, 6.45) is 1.09. The van der Waals surface area contributed by atoms with Gasteiger partial charge in [-0.25, -0.2) is 4.98 Å². The Bertz CT molecular complexity index is 477. The molecule has 0 aliphatic carbocycles. The molecule has 2 amide bonds. The van der Waals surface area contributed by atoms with E-state index < -0.39 is 0 Å². The molecule has 7 nitrogen and oxygen atoms in total. The van der Waals surface area contributed by atoms with Gasteiger partial charge in [0, 0.05) is 25.6 Å². The van der Waals surface area contributed by atoms with E-state index in [1.54, 1.807) is 0 Å². The first-order chi connectivity index (χ1) is 9.10. The maximum atomic E-state index is 12.1. The molecule has 0 aromatic carbocycles. The topological polar surface area (TPSA) is 109 Å². The van der Waals surface area contributed by atoms with Gasteiger partial charge in [0.05, 0.1) is 0 Å². The van der Waals surface area contributed by atoms with E-state index in [0.717, 1.165) is 6.54 Å². The third-order valence-corrected chi connectivity index (χ3v) is 3.82. The number of rotatable bonds is 4. The molecule has 5 N–H and O–H groups in total. The molecule has 1 aliphatic heterocycles. The molecular weight excluding hydrogens is 266 g/mol. The average molecular weight is 283 g/mol. The van der Waals surface area contributed by atoms with Gasteiger partial charge in [0.15, 0.2) is 5.13 Å². The number of anilines is 2. The van der Waals surface area contributed by atoms with Crippen LogP contribution in [0.5, 0.6) is 0 Å². The molecule has 0 radical (unpaired) electrons. The summed E-state index contributed by atoms with van der Waals surface area (Å²) in [6, 6.07) is -0.0470. The lowest BCUT2D eigenvalue weighted by molar-refractivity contribution is -0.122. The van der Waals surface area contributed by atoms with E-state index in [0.29, 0.717) is 29.4 Å². The standard InChI is InChI=1S/C11H17N5O2S/c1-2-13-11-16-9(12)8(19-11)10(18)15-6-3-4-7(17)14-5-6/h6H,2-5,12H2,1H3,(H,13,16)(H,14,17)(H,15,18). The minimum atomic E-state index is -0.236. The van der Waals surface area contributed by atoms with Crippen molar-refractivity contribution in [2.75, 3.05) is 24.1 Å². The Morgan fingerprint density at radius 3 is 3.05 bits per heavy atom. The fourth-order valence-electron chi connectivity index (χ4n) is 1.83. The molecule has 2 rings (SSSR count). The molecule has 0 spiro atoms. The predicted molar refractivity (Wildman–Crippen MR) is 74.2 cm³/mol. The van der Waals surface area contributed by atoms with Crippen molar-refractivity contribution in [1.29, 1.82) is 0 Å². The number of carbonyl (C=O) groups excluding carboxylic acids is 2. The Kier molecular flexibility index (Phi) is 4.20. The lowest BCUT2D eigenvalue weighted by Crippen LogP contribution is -2.47. The zero-order valence-corrected chi connectivity index (χ0v) is 11.5. The number of aromatic nitrogens is 1. The second-order valence-electron chi connectivity index (χ2n) is 4.28. The maximum absolute atomic E-state index is 12.1. The Labute approximate surface area is 115 Å². The van der Waals surface area contributed by atoms with Crippen LogP contribution in [0.2, 0.25) is 0 Å². The largest absolute Gasteiger partial charge is 0.382 e. The van der Waals surface area contributed by atoms with E-state index >= 15 is 0 Å². The summed E-state index contributed by atoms with van der Waals surface area (Å²) in [5, 5.41) is 9.24. The second-order valence-corrected chi connectivity index (χ2v) is 5.28. The molecule has 0 bridgehead atoms. The predicted octanol–water partition coefficient (Wildman–Crippen LogP) is 0.165. The van der Waals surface area contributed by atoms with Crippen LogP contribution in [0.15, 0.2) is 0 Å². The van der Waals surface area contributed by atoms with Gasteiger partial charge in [-0.1, -0.05) is 11.3 Å². The fourth-order valence-corrected chi connectivity index (χ4v) is 2.68. The zero-order chi connectivity index (χ0) is 13.8. The van der Waals surface area contributed by atoms with E-state index in [9.17, 15) is 9.59 Å². The summed E-state index contributed by atoms with van der Waals surface area (Å²) < 4.78 is 0. The van der Waals surface area contributed by atoms with Crippen LogP contribution in [0, 0.1) is 0 Å². The van der Waals surface area contributed by atoms with Crippen molar-refractivity contribution >= 4 is 34.1 Å². The van der Waals surface area contributed by atoms with Gasteiger partial charge in [0.2, 0.25) is 5.91 Å². The number of thiazole rings is 1. The van der Waals surface area contributed by atoms with E-state index in [2.05, 4.69) is 20.9 Å². The van der Waals surface area contributed by atoms with Crippen molar-refractivity contribution in [1.82, 2.24) is 15.6 Å². The van der Waals surface area contributed by atoms with E-state index in [1.807, 2.05) is 6.92 Å². The molecule has 1 saturated heterocycles. The van der Waals surface area contributed by atoms with Crippen LogP contribution in [0.1, 0.15) is 29.4 Å². The van der Waals surface area contributed by atoms with Crippen LogP contribution in [0.4, 0.5) is 10.9 Å². The minimum absolute atomic E-state index is 0.0252. The summed E-state index contributed by atoms with van der Waals surface area (Å²) in [5.41, 5.74) is 5.73. The molecule has 0 saturated carbocycles. The van der Waals surface area contributed by atoms with E-state index in [4.69, 9.17) is 5.73 Å². The second kappa shape index (κ2) is 5.87. The molecule has 8 heteroatoms. The number of nitrogens with two attached hydrogens (primary N) is 1. The zero-order valence-electron chi connectivity index (χ0n) is 10.7. The molecule has 1 aliphatic rings. The number of amides is 2. The first-order valence-corrected chi connectivity index (χ1v) is 6.99. The monoisotopic (exact) mass is 283 g/mol. The third kappa shape index (κ3) is 3.34. The number of hydrogen-bond acceptors (Lipinski definition) is 6. The maximum Gasteiger partial charge on any atom is 0.265 e. The molecule has 1 atom stereocenters. The van der Waals surface area contributed by atoms with Crippen LogP contribution in [-0.2, 0) is 4.79 Å². The number of nitrogens with one attached hydrogen (secondary N) is 3. The Morgan fingerprint density at radius 2 is 2.42 bits per heavy atom. The Balaban J connectivity index is 1.97. The number of nitrogen functional groups attached to an aromatic ring is 1. The molecule has 1 aromatic rings. The summed E-state index contributed by atoms with van der Waals surface area (Å²) >= 11 is 1.23. The van der Waals surface area contributed by atoms with Crippen LogP contribution < -0.4 is 21.7 Å². The van der Waals surface area contributed by atoms with Crippen molar-refractivity contribution < 1.29 is 9.59 Å². The Morgan fingerprint density at radius 1 is 1.63 bits per heavy atom. The summed E-state index contributed by atoms with van der Waals surface area (Å²) in [6.45, 7) is 3.13. The molecule has 1 aromatic heterocycles. The van der Waals surface area contributed by atoms with E-state index in [-0.39, 0.29) is 23.7 Å². The molecule has 104 valence electrons. The lowest BCUT2D eigenvalue weighted by Gasteiger charge is -2.23. The van der Waals surface area contributed by atoms with Gasteiger partial charge in [-0.05, 0) is 13.3 Å². The number of nitrogens with zero attached hydrogens (tertiary/aromatic N) is 1. The van der Waals surface area contributed by atoms with Crippen LogP contribution in [0.3, 0.4) is 0 Å². The first kappa shape index (κ1) is 13.6. The molecule has 19 heavy (non-hydrogen) atoms. The molecule has 1 unspecified atom stereocenters. The van der Waals surface area contributed by atoms with Crippen molar-refractivity contribution in [3.63, 3.8) is 0 Å². The highest BCUT2D eigenvalue weighted by Gasteiger charge is 2.22. The third-order valence-electron chi connectivity index (χ3n) is 2.79.